The minimum Gasteiger partial charge on any atom is -0.395 e. The van der Waals surface area contributed by atoms with Gasteiger partial charge in [0.1, 0.15) is 0 Å². The SMILES string of the molecule is CC(C)(C)S(=O)(=O)CCC(CO)(CO)c1cccc(Br)c1. The van der Waals surface area contributed by atoms with Crippen molar-refractivity contribution in [2.45, 2.75) is 37.4 Å². The van der Waals surface area contributed by atoms with E-state index in [1.807, 2.05) is 6.07 Å². The molecule has 0 saturated heterocycles. The summed E-state index contributed by atoms with van der Waals surface area (Å²) in [5.74, 6) is -0.0792. The molecule has 0 unspecified atom stereocenters. The smallest absolute Gasteiger partial charge is 0.155 e. The molecule has 120 valence electrons. The topological polar surface area (TPSA) is 74.6 Å². The summed E-state index contributed by atoms with van der Waals surface area (Å²) in [6.45, 7) is 4.35. The minimum atomic E-state index is -3.30. The van der Waals surface area contributed by atoms with Gasteiger partial charge in [-0.3, -0.25) is 0 Å². The Morgan fingerprint density at radius 2 is 1.71 bits per heavy atom. The molecule has 4 nitrogen and oxygen atoms in total. The van der Waals surface area contributed by atoms with Gasteiger partial charge in [-0.2, -0.15) is 0 Å². The highest BCUT2D eigenvalue weighted by Gasteiger charge is 2.36. The molecule has 0 radical (unpaired) electrons. The molecule has 0 aliphatic heterocycles. The Morgan fingerprint density at radius 3 is 2.14 bits per heavy atom. The molecular formula is C15H23BrO4S. The number of benzene rings is 1. The fraction of sp³-hybridized carbons (Fsp3) is 0.600. The van der Waals surface area contributed by atoms with E-state index in [2.05, 4.69) is 15.9 Å². The first kappa shape index (κ1) is 18.6. The molecule has 0 aromatic heterocycles. The second kappa shape index (κ2) is 6.77. The molecule has 0 saturated carbocycles. The zero-order valence-electron chi connectivity index (χ0n) is 12.6. The van der Waals surface area contributed by atoms with Gasteiger partial charge < -0.3 is 10.2 Å². The Labute approximate surface area is 135 Å². The van der Waals surface area contributed by atoms with Gasteiger partial charge in [0.25, 0.3) is 0 Å². The van der Waals surface area contributed by atoms with Crippen molar-refractivity contribution in [3.05, 3.63) is 34.3 Å². The van der Waals surface area contributed by atoms with Gasteiger partial charge in [0.2, 0.25) is 0 Å². The van der Waals surface area contributed by atoms with Crippen molar-refractivity contribution in [3.63, 3.8) is 0 Å². The molecule has 2 N–H and O–H groups in total. The molecule has 1 aromatic rings. The van der Waals surface area contributed by atoms with Crippen LogP contribution in [0.25, 0.3) is 0 Å². The van der Waals surface area contributed by atoms with Crippen LogP contribution in [0.4, 0.5) is 0 Å². The van der Waals surface area contributed by atoms with Crippen molar-refractivity contribution in [1.29, 1.82) is 0 Å². The van der Waals surface area contributed by atoms with Crippen LogP contribution in [0.2, 0.25) is 0 Å². The molecule has 0 fully saturated rings. The Balaban J connectivity index is 3.09. The average Bonchev–Trinajstić information content (AvgIpc) is 2.39. The number of aliphatic hydroxyl groups is 2. The van der Waals surface area contributed by atoms with E-state index in [0.29, 0.717) is 0 Å². The minimum absolute atomic E-state index is 0.0792. The maximum atomic E-state index is 12.3. The van der Waals surface area contributed by atoms with Gasteiger partial charge in [-0.1, -0.05) is 28.1 Å². The van der Waals surface area contributed by atoms with Crippen molar-refractivity contribution in [1.82, 2.24) is 0 Å². The van der Waals surface area contributed by atoms with Gasteiger partial charge in [-0.15, -0.1) is 0 Å². The highest BCUT2D eigenvalue weighted by atomic mass is 79.9. The van der Waals surface area contributed by atoms with Crippen molar-refractivity contribution in [3.8, 4) is 0 Å². The van der Waals surface area contributed by atoms with E-state index in [4.69, 9.17) is 0 Å². The zero-order chi connectivity index (χ0) is 16.3. The van der Waals surface area contributed by atoms with Crippen LogP contribution in [0.1, 0.15) is 32.8 Å². The van der Waals surface area contributed by atoms with Crippen molar-refractivity contribution in [2.24, 2.45) is 0 Å². The zero-order valence-corrected chi connectivity index (χ0v) is 15.0. The molecule has 0 amide bonds. The summed E-state index contributed by atoms with van der Waals surface area (Å²) in [4.78, 5) is 0. The highest BCUT2D eigenvalue weighted by molar-refractivity contribution is 9.10. The average molecular weight is 379 g/mol. The van der Waals surface area contributed by atoms with Crippen LogP contribution in [0.3, 0.4) is 0 Å². The van der Waals surface area contributed by atoms with E-state index in [1.165, 1.54) is 0 Å². The number of halogens is 1. The molecule has 1 rings (SSSR count). The van der Waals surface area contributed by atoms with Crippen LogP contribution in [0.5, 0.6) is 0 Å². The summed E-state index contributed by atoms with van der Waals surface area (Å²) in [5.41, 5.74) is -0.228. The van der Waals surface area contributed by atoms with Gasteiger partial charge in [0.15, 0.2) is 9.84 Å². The summed E-state index contributed by atoms with van der Waals surface area (Å²) < 4.78 is 24.5. The Kier molecular flexibility index (Phi) is 6.00. The fourth-order valence-electron chi connectivity index (χ4n) is 1.99. The standard InChI is InChI=1S/C15H23BrO4S/c1-14(2,3)21(19,20)8-7-15(10-17,11-18)12-5-4-6-13(16)9-12/h4-6,9,17-18H,7-8,10-11H2,1-3H3. The van der Waals surface area contributed by atoms with E-state index in [-0.39, 0.29) is 25.4 Å². The number of rotatable bonds is 6. The summed E-state index contributed by atoms with van der Waals surface area (Å²) in [5, 5.41) is 19.5. The van der Waals surface area contributed by atoms with E-state index in [9.17, 15) is 18.6 Å². The predicted molar refractivity (Wildman–Crippen MR) is 88.1 cm³/mol. The van der Waals surface area contributed by atoms with Crippen LogP contribution in [-0.2, 0) is 15.3 Å². The third kappa shape index (κ3) is 4.28. The molecule has 0 bridgehead atoms. The third-order valence-electron chi connectivity index (χ3n) is 3.82. The largest absolute Gasteiger partial charge is 0.395 e. The van der Waals surface area contributed by atoms with Crippen molar-refractivity contribution >= 4 is 25.8 Å². The maximum Gasteiger partial charge on any atom is 0.155 e. The van der Waals surface area contributed by atoms with Crippen LogP contribution in [0.15, 0.2) is 28.7 Å². The molecule has 1 aromatic carbocycles. The Morgan fingerprint density at radius 1 is 1.14 bits per heavy atom. The second-order valence-corrected chi connectivity index (χ2v) is 10.1. The third-order valence-corrected chi connectivity index (χ3v) is 6.93. The normalized spacial score (nSPS) is 13.4. The Hall–Kier alpha value is -0.430. The lowest BCUT2D eigenvalue weighted by atomic mass is 9.79. The first-order valence-electron chi connectivity index (χ1n) is 6.78. The summed E-state index contributed by atoms with van der Waals surface area (Å²) in [6, 6.07) is 7.24. The summed E-state index contributed by atoms with van der Waals surface area (Å²) >= 11 is 3.35. The molecule has 0 aliphatic rings. The van der Waals surface area contributed by atoms with Gasteiger partial charge in [0.05, 0.1) is 23.7 Å². The molecule has 0 atom stereocenters. The number of sulfone groups is 1. The van der Waals surface area contributed by atoms with Crippen molar-refractivity contribution < 1.29 is 18.6 Å². The predicted octanol–water partition coefficient (Wildman–Crippen LogP) is 2.27. The van der Waals surface area contributed by atoms with Crippen molar-refractivity contribution in [2.75, 3.05) is 19.0 Å². The van der Waals surface area contributed by atoms with Gasteiger partial charge >= 0.3 is 0 Å². The van der Waals surface area contributed by atoms with Crippen LogP contribution >= 0.6 is 15.9 Å². The molecule has 0 heterocycles. The highest BCUT2D eigenvalue weighted by Crippen LogP contribution is 2.31. The molecule has 0 spiro atoms. The monoisotopic (exact) mass is 378 g/mol. The van der Waals surface area contributed by atoms with Gasteiger partial charge in [0, 0.05) is 9.89 Å². The van der Waals surface area contributed by atoms with E-state index >= 15 is 0 Å². The van der Waals surface area contributed by atoms with E-state index < -0.39 is 20.0 Å². The first-order valence-corrected chi connectivity index (χ1v) is 9.22. The van der Waals surface area contributed by atoms with E-state index in [1.54, 1.807) is 39.0 Å². The number of aliphatic hydroxyl groups excluding tert-OH is 2. The summed E-state index contributed by atoms with van der Waals surface area (Å²) in [7, 11) is -3.30. The maximum absolute atomic E-state index is 12.3. The molecule has 0 aliphatic carbocycles. The fourth-order valence-corrected chi connectivity index (χ4v) is 3.66. The lowest BCUT2D eigenvalue weighted by Crippen LogP contribution is -2.39. The quantitative estimate of drug-likeness (QED) is 0.795. The van der Waals surface area contributed by atoms with Crippen LogP contribution in [0, 0.1) is 0 Å². The molecular weight excluding hydrogens is 356 g/mol. The lowest BCUT2D eigenvalue weighted by molar-refractivity contribution is 0.113. The lowest BCUT2D eigenvalue weighted by Gasteiger charge is -2.32. The number of hydrogen-bond donors (Lipinski definition) is 2. The number of hydrogen-bond acceptors (Lipinski definition) is 4. The van der Waals surface area contributed by atoms with Crippen LogP contribution < -0.4 is 0 Å². The molecule has 21 heavy (non-hydrogen) atoms. The van der Waals surface area contributed by atoms with Gasteiger partial charge in [-0.25, -0.2) is 8.42 Å². The summed E-state index contributed by atoms with van der Waals surface area (Å²) in [6.07, 6.45) is 0.177. The first-order chi connectivity index (χ1) is 9.58. The molecule has 6 heteroatoms. The second-order valence-electron chi connectivity index (χ2n) is 6.29. The van der Waals surface area contributed by atoms with E-state index in [0.717, 1.165) is 10.0 Å². The van der Waals surface area contributed by atoms with Crippen LogP contribution in [-0.4, -0.2) is 42.3 Å². The van der Waals surface area contributed by atoms with Gasteiger partial charge in [-0.05, 0) is 44.9 Å². The Bertz CT molecular complexity index is 572.